The van der Waals surface area contributed by atoms with Crippen LogP contribution >= 0.6 is 0 Å². The zero-order valence-electron chi connectivity index (χ0n) is 15.7. The summed E-state index contributed by atoms with van der Waals surface area (Å²) in [6.45, 7) is 1.90. The summed E-state index contributed by atoms with van der Waals surface area (Å²) in [5.74, 6) is -0.921. The van der Waals surface area contributed by atoms with E-state index in [4.69, 9.17) is 4.74 Å². The number of hydrogen-bond acceptors (Lipinski definition) is 4. The minimum absolute atomic E-state index is 0.121. The predicted molar refractivity (Wildman–Crippen MR) is 105 cm³/mol. The maximum Gasteiger partial charge on any atom is 0.338 e. The average molecular weight is 401 g/mol. The first-order chi connectivity index (χ1) is 13.3. The normalized spacial score (nSPS) is 14.2. The molecule has 0 radical (unpaired) electrons. The van der Waals surface area contributed by atoms with E-state index in [9.17, 15) is 17.6 Å². The standard InChI is InChI=1S/C21H20FNO4S/c1-13-10-15-6-7-16(22)12-18(15)20(13)19(21(24)27-3)11-14-4-8-17(9-5-14)28(25,26)23-2/h4-9,11-12,23H,10H2,1-3H3. The summed E-state index contributed by atoms with van der Waals surface area (Å²) in [5, 5.41) is 0. The van der Waals surface area contributed by atoms with Crippen molar-refractivity contribution in [1.29, 1.82) is 0 Å². The molecular formula is C21H20FNO4S. The van der Waals surface area contributed by atoms with Gasteiger partial charge in [0.15, 0.2) is 0 Å². The van der Waals surface area contributed by atoms with Crippen molar-refractivity contribution >= 4 is 27.6 Å². The van der Waals surface area contributed by atoms with Crippen LogP contribution in [-0.4, -0.2) is 28.5 Å². The Morgan fingerprint density at radius 1 is 1.18 bits per heavy atom. The fraction of sp³-hybridized carbons (Fsp3) is 0.190. The Hall–Kier alpha value is -2.77. The Labute approximate surface area is 163 Å². The van der Waals surface area contributed by atoms with Gasteiger partial charge in [0, 0.05) is 0 Å². The lowest BCUT2D eigenvalue weighted by Crippen LogP contribution is -2.18. The van der Waals surface area contributed by atoms with Gasteiger partial charge in [-0.05, 0) is 73.0 Å². The third-order valence-electron chi connectivity index (χ3n) is 4.67. The van der Waals surface area contributed by atoms with Crippen molar-refractivity contribution in [2.45, 2.75) is 18.2 Å². The molecule has 0 aliphatic heterocycles. The first-order valence-electron chi connectivity index (χ1n) is 8.59. The van der Waals surface area contributed by atoms with Crippen molar-refractivity contribution in [1.82, 2.24) is 4.72 Å². The van der Waals surface area contributed by atoms with Gasteiger partial charge in [0.05, 0.1) is 17.6 Å². The molecule has 0 spiro atoms. The van der Waals surface area contributed by atoms with Crippen LogP contribution in [0, 0.1) is 5.82 Å². The van der Waals surface area contributed by atoms with Crippen LogP contribution in [0.1, 0.15) is 23.6 Å². The van der Waals surface area contributed by atoms with Crippen molar-refractivity contribution in [3.63, 3.8) is 0 Å². The highest BCUT2D eigenvalue weighted by Crippen LogP contribution is 2.39. The minimum atomic E-state index is -3.55. The van der Waals surface area contributed by atoms with Crippen LogP contribution in [0.3, 0.4) is 0 Å². The third-order valence-corrected chi connectivity index (χ3v) is 6.10. The van der Waals surface area contributed by atoms with Crippen LogP contribution in [0.15, 0.2) is 58.5 Å². The molecule has 0 amide bonds. The minimum Gasteiger partial charge on any atom is -0.465 e. The quantitative estimate of drug-likeness (QED) is 0.616. The zero-order chi connectivity index (χ0) is 20.5. The van der Waals surface area contributed by atoms with Crippen LogP contribution in [0.4, 0.5) is 4.39 Å². The number of carbonyl (C=O) groups excluding carboxylic acids is 1. The second kappa shape index (κ2) is 7.69. The summed E-state index contributed by atoms with van der Waals surface area (Å²) in [4.78, 5) is 12.6. The van der Waals surface area contributed by atoms with Crippen molar-refractivity contribution < 1.29 is 22.3 Å². The fourth-order valence-electron chi connectivity index (χ4n) is 3.29. The van der Waals surface area contributed by atoms with Gasteiger partial charge >= 0.3 is 5.97 Å². The lowest BCUT2D eigenvalue weighted by atomic mass is 9.95. The molecule has 2 aromatic carbocycles. The highest BCUT2D eigenvalue weighted by Gasteiger charge is 2.26. The summed E-state index contributed by atoms with van der Waals surface area (Å²) < 4.78 is 44.7. The highest BCUT2D eigenvalue weighted by atomic mass is 32.2. The lowest BCUT2D eigenvalue weighted by Gasteiger charge is -2.11. The molecular weight excluding hydrogens is 381 g/mol. The molecule has 1 aliphatic carbocycles. The van der Waals surface area contributed by atoms with Crippen LogP contribution < -0.4 is 4.72 Å². The van der Waals surface area contributed by atoms with Gasteiger partial charge in [-0.2, -0.15) is 0 Å². The van der Waals surface area contributed by atoms with Gasteiger partial charge in [-0.1, -0.05) is 23.8 Å². The Morgan fingerprint density at radius 3 is 2.46 bits per heavy atom. The zero-order valence-corrected chi connectivity index (χ0v) is 16.6. The van der Waals surface area contributed by atoms with E-state index in [0.717, 1.165) is 11.1 Å². The van der Waals surface area contributed by atoms with E-state index in [1.807, 2.05) is 6.92 Å². The summed E-state index contributed by atoms with van der Waals surface area (Å²) in [6, 6.07) is 10.6. The van der Waals surface area contributed by atoms with E-state index in [1.54, 1.807) is 24.3 Å². The van der Waals surface area contributed by atoms with Crippen LogP contribution in [0.2, 0.25) is 0 Å². The highest BCUT2D eigenvalue weighted by molar-refractivity contribution is 7.89. The van der Waals surface area contributed by atoms with E-state index >= 15 is 0 Å². The first kappa shape index (κ1) is 20.0. The molecule has 0 unspecified atom stereocenters. The van der Waals surface area contributed by atoms with E-state index < -0.39 is 16.0 Å². The van der Waals surface area contributed by atoms with Gasteiger partial charge in [-0.15, -0.1) is 0 Å². The summed E-state index contributed by atoms with van der Waals surface area (Å²) in [5.41, 5.74) is 4.12. The van der Waals surface area contributed by atoms with E-state index in [2.05, 4.69) is 4.72 Å². The lowest BCUT2D eigenvalue weighted by molar-refractivity contribution is -0.135. The fourth-order valence-corrected chi connectivity index (χ4v) is 4.02. The number of fused-ring (bicyclic) bond motifs is 1. The van der Waals surface area contributed by atoms with Gasteiger partial charge < -0.3 is 4.74 Å². The van der Waals surface area contributed by atoms with Gasteiger partial charge in [0.2, 0.25) is 10.0 Å². The maximum atomic E-state index is 13.8. The predicted octanol–water partition coefficient (Wildman–Crippen LogP) is 3.32. The second-order valence-electron chi connectivity index (χ2n) is 6.46. The Kier molecular flexibility index (Phi) is 5.49. The molecule has 3 rings (SSSR count). The maximum absolute atomic E-state index is 13.8. The molecule has 5 nitrogen and oxygen atoms in total. The number of benzene rings is 2. The summed E-state index contributed by atoms with van der Waals surface area (Å²) >= 11 is 0. The smallest absolute Gasteiger partial charge is 0.338 e. The van der Waals surface area contributed by atoms with Gasteiger partial charge in [0.25, 0.3) is 0 Å². The molecule has 0 bridgehead atoms. The number of esters is 1. The van der Waals surface area contributed by atoms with Crippen LogP contribution in [0.25, 0.3) is 11.6 Å². The Balaban J connectivity index is 2.09. The number of rotatable bonds is 5. The number of halogens is 1. The number of hydrogen-bond donors (Lipinski definition) is 1. The van der Waals surface area contributed by atoms with E-state index in [-0.39, 0.29) is 10.7 Å². The van der Waals surface area contributed by atoms with Gasteiger partial charge in [-0.25, -0.2) is 22.3 Å². The topological polar surface area (TPSA) is 72.5 Å². The molecule has 28 heavy (non-hydrogen) atoms. The van der Waals surface area contributed by atoms with Crippen LogP contribution in [0.5, 0.6) is 0 Å². The Morgan fingerprint density at radius 2 is 1.86 bits per heavy atom. The molecule has 0 aromatic heterocycles. The van der Waals surface area contributed by atoms with E-state index in [1.165, 1.54) is 38.4 Å². The summed E-state index contributed by atoms with van der Waals surface area (Å²) in [6.07, 6.45) is 2.25. The largest absolute Gasteiger partial charge is 0.465 e. The average Bonchev–Trinajstić information content (AvgIpc) is 3.00. The second-order valence-corrected chi connectivity index (χ2v) is 8.35. The number of carbonyl (C=O) groups is 1. The van der Waals surface area contributed by atoms with Crippen molar-refractivity contribution in [3.05, 3.63) is 76.1 Å². The van der Waals surface area contributed by atoms with Crippen molar-refractivity contribution in [2.24, 2.45) is 0 Å². The number of allylic oxidation sites excluding steroid dienone is 1. The van der Waals surface area contributed by atoms with Crippen molar-refractivity contribution in [2.75, 3.05) is 14.2 Å². The molecule has 0 saturated carbocycles. The van der Waals surface area contributed by atoms with Crippen molar-refractivity contribution in [3.8, 4) is 0 Å². The number of sulfonamides is 1. The SMILES string of the molecule is CNS(=O)(=O)c1ccc(C=C(C(=O)OC)C2=C(C)Cc3ccc(F)cc32)cc1. The molecule has 0 fully saturated rings. The molecule has 0 heterocycles. The molecule has 1 aliphatic rings. The number of ether oxygens (including phenoxy) is 1. The van der Waals surface area contributed by atoms with Crippen LogP contribution in [-0.2, 0) is 26.0 Å². The molecule has 2 aromatic rings. The third kappa shape index (κ3) is 3.76. The first-order valence-corrected chi connectivity index (χ1v) is 10.1. The Bertz CT molecular complexity index is 1100. The van der Waals surface area contributed by atoms with Gasteiger partial charge in [0.1, 0.15) is 5.82 Å². The molecule has 1 N–H and O–H groups in total. The molecule has 146 valence electrons. The van der Waals surface area contributed by atoms with E-state index in [0.29, 0.717) is 28.7 Å². The summed E-state index contributed by atoms with van der Waals surface area (Å²) in [7, 11) is -0.921. The number of methoxy groups -OCH3 is 1. The van der Waals surface area contributed by atoms with Gasteiger partial charge in [-0.3, -0.25) is 0 Å². The number of nitrogens with one attached hydrogen (secondary N) is 1. The molecule has 7 heteroatoms. The monoisotopic (exact) mass is 401 g/mol. The molecule has 0 atom stereocenters. The molecule has 0 saturated heterocycles.